The maximum atomic E-state index is 13.5. The lowest BCUT2D eigenvalue weighted by Crippen LogP contribution is -2.28. The Hall–Kier alpha value is -2.36. The molecule has 0 fully saturated rings. The topological polar surface area (TPSA) is 38.3 Å². The zero-order valence-corrected chi connectivity index (χ0v) is 13.6. The van der Waals surface area contributed by atoms with Gasteiger partial charge >= 0.3 is 0 Å². The van der Waals surface area contributed by atoms with Crippen molar-refractivity contribution in [2.45, 2.75) is 26.7 Å². The zero-order valence-electron chi connectivity index (χ0n) is 13.6. The van der Waals surface area contributed by atoms with Crippen LogP contribution in [0.1, 0.15) is 23.1 Å². The number of hydrogen-bond acceptors (Lipinski definition) is 2. The molecule has 4 heteroatoms. The summed E-state index contributed by atoms with van der Waals surface area (Å²) in [6.45, 7) is 4.85. The second-order valence-corrected chi connectivity index (χ2v) is 5.56. The SMILES string of the molecule is Cc1ccc(C)c(OCCNC(=O)CCc2ccccc2F)c1. The molecule has 0 bridgehead atoms. The number of amides is 1. The Labute approximate surface area is 136 Å². The van der Waals surface area contributed by atoms with Crippen LogP contribution in [0.5, 0.6) is 5.75 Å². The Kier molecular flexibility index (Phi) is 6.15. The third-order valence-electron chi connectivity index (χ3n) is 3.60. The maximum absolute atomic E-state index is 13.5. The van der Waals surface area contributed by atoms with Gasteiger partial charge in [0, 0.05) is 6.42 Å². The van der Waals surface area contributed by atoms with Crippen LogP contribution in [0, 0.1) is 19.7 Å². The van der Waals surface area contributed by atoms with Crippen molar-refractivity contribution < 1.29 is 13.9 Å². The third kappa shape index (κ3) is 5.40. The van der Waals surface area contributed by atoms with Crippen LogP contribution >= 0.6 is 0 Å². The van der Waals surface area contributed by atoms with Gasteiger partial charge in [0.15, 0.2) is 0 Å². The molecule has 23 heavy (non-hydrogen) atoms. The van der Waals surface area contributed by atoms with Gasteiger partial charge in [0.05, 0.1) is 6.54 Å². The Morgan fingerprint density at radius 2 is 1.96 bits per heavy atom. The molecule has 2 aromatic rings. The maximum Gasteiger partial charge on any atom is 0.220 e. The lowest BCUT2D eigenvalue weighted by Gasteiger charge is -2.11. The van der Waals surface area contributed by atoms with Crippen molar-refractivity contribution in [3.05, 3.63) is 65.0 Å². The van der Waals surface area contributed by atoms with Gasteiger partial charge in [-0.3, -0.25) is 4.79 Å². The van der Waals surface area contributed by atoms with Gasteiger partial charge in [0.25, 0.3) is 0 Å². The van der Waals surface area contributed by atoms with Gasteiger partial charge in [-0.2, -0.15) is 0 Å². The second-order valence-electron chi connectivity index (χ2n) is 5.56. The van der Waals surface area contributed by atoms with Crippen molar-refractivity contribution in [1.82, 2.24) is 5.32 Å². The van der Waals surface area contributed by atoms with Crippen LogP contribution in [0.15, 0.2) is 42.5 Å². The number of benzene rings is 2. The van der Waals surface area contributed by atoms with Crippen molar-refractivity contribution >= 4 is 5.91 Å². The number of halogens is 1. The van der Waals surface area contributed by atoms with Gasteiger partial charge in [-0.1, -0.05) is 30.3 Å². The van der Waals surface area contributed by atoms with Gasteiger partial charge < -0.3 is 10.1 Å². The fourth-order valence-corrected chi connectivity index (χ4v) is 2.25. The quantitative estimate of drug-likeness (QED) is 0.793. The molecule has 0 aliphatic carbocycles. The minimum Gasteiger partial charge on any atom is -0.491 e. The number of carbonyl (C=O) groups excluding carboxylic acids is 1. The number of hydrogen-bond donors (Lipinski definition) is 1. The van der Waals surface area contributed by atoms with E-state index < -0.39 is 0 Å². The van der Waals surface area contributed by atoms with E-state index in [0.717, 1.165) is 16.9 Å². The van der Waals surface area contributed by atoms with Crippen molar-refractivity contribution in [2.75, 3.05) is 13.2 Å². The van der Waals surface area contributed by atoms with E-state index in [9.17, 15) is 9.18 Å². The Morgan fingerprint density at radius 1 is 1.17 bits per heavy atom. The molecule has 0 atom stereocenters. The highest BCUT2D eigenvalue weighted by atomic mass is 19.1. The summed E-state index contributed by atoms with van der Waals surface area (Å²) in [5, 5.41) is 2.79. The van der Waals surface area contributed by atoms with E-state index in [1.807, 2.05) is 32.0 Å². The second kappa shape index (κ2) is 8.32. The normalized spacial score (nSPS) is 10.4. The first kappa shape index (κ1) is 17.0. The van der Waals surface area contributed by atoms with E-state index in [1.165, 1.54) is 6.07 Å². The molecule has 0 heterocycles. The molecular weight excluding hydrogens is 293 g/mol. The monoisotopic (exact) mass is 315 g/mol. The van der Waals surface area contributed by atoms with Crippen LogP contribution < -0.4 is 10.1 Å². The van der Waals surface area contributed by atoms with E-state index >= 15 is 0 Å². The number of carbonyl (C=O) groups is 1. The average Bonchev–Trinajstić information content (AvgIpc) is 2.54. The van der Waals surface area contributed by atoms with E-state index in [1.54, 1.807) is 18.2 Å². The summed E-state index contributed by atoms with van der Waals surface area (Å²) in [5.74, 6) is 0.474. The summed E-state index contributed by atoms with van der Waals surface area (Å²) < 4.78 is 19.1. The zero-order chi connectivity index (χ0) is 16.7. The fourth-order valence-electron chi connectivity index (χ4n) is 2.25. The van der Waals surface area contributed by atoms with E-state index in [4.69, 9.17) is 4.74 Å². The molecule has 0 aliphatic rings. The van der Waals surface area contributed by atoms with Gasteiger partial charge in [0.2, 0.25) is 5.91 Å². The summed E-state index contributed by atoms with van der Waals surface area (Å²) in [4.78, 5) is 11.8. The van der Waals surface area contributed by atoms with E-state index in [-0.39, 0.29) is 18.1 Å². The molecule has 0 aromatic heterocycles. The number of rotatable bonds is 7. The molecule has 122 valence electrons. The molecule has 3 nitrogen and oxygen atoms in total. The summed E-state index contributed by atoms with van der Waals surface area (Å²) in [6, 6.07) is 12.6. The van der Waals surface area contributed by atoms with Crippen molar-refractivity contribution in [1.29, 1.82) is 0 Å². The third-order valence-corrected chi connectivity index (χ3v) is 3.60. The summed E-state index contributed by atoms with van der Waals surface area (Å²) in [6.07, 6.45) is 0.667. The van der Waals surface area contributed by atoms with Gasteiger partial charge in [-0.05, 0) is 49.1 Å². The molecule has 0 saturated carbocycles. The standard InChI is InChI=1S/C19H22FNO2/c1-14-7-8-15(2)18(13-14)23-12-11-21-19(22)10-9-16-5-3-4-6-17(16)20/h3-8,13H,9-12H2,1-2H3,(H,21,22). The highest BCUT2D eigenvalue weighted by molar-refractivity contribution is 5.76. The lowest BCUT2D eigenvalue weighted by atomic mass is 10.1. The molecule has 2 aromatic carbocycles. The first-order valence-electron chi connectivity index (χ1n) is 7.76. The summed E-state index contributed by atoms with van der Waals surface area (Å²) in [5.41, 5.74) is 2.77. The van der Waals surface area contributed by atoms with Gasteiger partial charge in [0.1, 0.15) is 18.2 Å². The van der Waals surface area contributed by atoms with Crippen molar-refractivity contribution in [3.8, 4) is 5.75 Å². The first-order chi connectivity index (χ1) is 11.1. The van der Waals surface area contributed by atoms with Crippen LogP contribution in [0.3, 0.4) is 0 Å². The lowest BCUT2D eigenvalue weighted by molar-refractivity contribution is -0.121. The minimum atomic E-state index is -0.265. The van der Waals surface area contributed by atoms with Crippen LogP contribution in [-0.4, -0.2) is 19.1 Å². The molecule has 0 saturated heterocycles. The average molecular weight is 315 g/mol. The van der Waals surface area contributed by atoms with E-state index in [0.29, 0.717) is 25.1 Å². The predicted octanol–water partition coefficient (Wildman–Crippen LogP) is 3.57. The van der Waals surface area contributed by atoms with Crippen LogP contribution in [-0.2, 0) is 11.2 Å². The van der Waals surface area contributed by atoms with Crippen molar-refractivity contribution in [2.24, 2.45) is 0 Å². The van der Waals surface area contributed by atoms with E-state index in [2.05, 4.69) is 5.32 Å². The largest absolute Gasteiger partial charge is 0.491 e. The molecule has 0 radical (unpaired) electrons. The molecule has 1 N–H and O–H groups in total. The number of aryl methyl sites for hydroxylation is 3. The van der Waals surface area contributed by atoms with Crippen LogP contribution in [0.2, 0.25) is 0 Å². The molecule has 1 amide bonds. The summed E-state index contributed by atoms with van der Waals surface area (Å²) >= 11 is 0. The highest BCUT2D eigenvalue weighted by Crippen LogP contribution is 2.18. The fraction of sp³-hybridized carbons (Fsp3) is 0.316. The minimum absolute atomic E-state index is 0.0992. The van der Waals surface area contributed by atoms with Crippen LogP contribution in [0.4, 0.5) is 4.39 Å². The van der Waals surface area contributed by atoms with Gasteiger partial charge in [-0.25, -0.2) is 4.39 Å². The Morgan fingerprint density at radius 3 is 2.74 bits per heavy atom. The van der Waals surface area contributed by atoms with Gasteiger partial charge in [-0.15, -0.1) is 0 Å². The number of nitrogens with one attached hydrogen (secondary N) is 1. The van der Waals surface area contributed by atoms with Crippen molar-refractivity contribution in [3.63, 3.8) is 0 Å². The first-order valence-corrected chi connectivity index (χ1v) is 7.76. The smallest absolute Gasteiger partial charge is 0.220 e. The molecule has 0 spiro atoms. The molecular formula is C19H22FNO2. The molecule has 0 unspecified atom stereocenters. The Bertz CT molecular complexity index is 670. The van der Waals surface area contributed by atoms with Crippen LogP contribution in [0.25, 0.3) is 0 Å². The highest BCUT2D eigenvalue weighted by Gasteiger charge is 2.06. The number of ether oxygens (including phenoxy) is 1. The predicted molar refractivity (Wildman–Crippen MR) is 89.1 cm³/mol. The Balaban J connectivity index is 1.69. The molecule has 2 rings (SSSR count). The summed E-state index contributed by atoms with van der Waals surface area (Å²) in [7, 11) is 0. The molecule has 0 aliphatic heterocycles.